The highest BCUT2D eigenvalue weighted by Crippen LogP contribution is 2.16. The van der Waals surface area contributed by atoms with Crippen molar-refractivity contribution in [3.05, 3.63) is 34.9 Å². The zero-order valence-corrected chi connectivity index (χ0v) is 12.0. The normalized spacial score (nSPS) is 19.6. The smallest absolute Gasteiger partial charge is 0.315 e. The van der Waals surface area contributed by atoms with Crippen LogP contribution in [0, 0.1) is 13.8 Å². The zero-order chi connectivity index (χ0) is 14.5. The Bertz CT molecular complexity index is 450. The summed E-state index contributed by atoms with van der Waals surface area (Å²) in [5.41, 5.74) is 3.03. The van der Waals surface area contributed by atoms with E-state index in [9.17, 15) is 9.90 Å². The number of aliphatic hydroxyl groups is 1. The molecule has 5 heteroatoms. The molecule has 110 valence electrons. The Kier molecular flexibility index (Phi) is 4.98. The standard InChI is InChI=1S/C15H22N2O3/c1-10-5-11(2)7-12(6-10)14(18)8-16-15(19)17-13-3-4-20-9-13/h5-7,13-14,18H,3-4,8-9H2,1-2H3,(H2,16,17,19)/t13-,14+/m0/s1. The molecule has 0 saturated carbocycles. The molecule has 0 radical (unpaired) electrons. The Morgan fingerprint density at radius 1 is 1.40 bits per heavy atom. The van der Waals surface area contributed by atoms with Gasteiger partial charge in [0.15, 0.2) is 0 Å². The minimum atomic E-state index is -0.695. The highest BCUT2D eigenvalue weighted by atomic mass is 16.5. The lowest BCUT2D eigenvalue weighted by atomic mass is 10.0. The van der Waals surface area contributed by atoms with Crippen molar-refractivity contribution in [2.75, 3.05) is 19.8 Å². The van der Waals surface area contributed by atoms with Gasteiger partial charge in [0.2, 0.25) is 0 Å². The van der Waals surface area contributed by atoms with Crippen molar-refractivity contribution in [2.24, 2.45) is 0 Å². The van der Waals surface area contributed by atoms with Crippen molar-refractivity contribution in [3.63, 3.8) is 0 Å². The van der Waals surface area contributed by atoms with Gasteiger partial charge in [-0.3, -0.25) is 0 Å². The summed E-state index contributed by atoms with van der Waals surface area (Å²) in [7, 11) is 0. The van der Waals surface area contributed by atoms with Gasteiger partial charge in [0, 0.05) is 13.2 Å². The molecule has 1 aromatic rings. The predicted molar refractivity (Wildman–Crippen MR) is 76.6 cm³/mol. The zero-order valence-electron chi connectivity index (χ0n) is 12.0. The molecule has 2 atom stereocenters. The van der Waals surface area contributed by atoms with Gasteiger partial charge in [0.05, 0.1) is 18.8 Å². The fraction of sp³-hybridized carbons (Fsp3) is 0.533. The van der Waals surface area contributed by atoms with Crippen molar-refractivity contribution >= 4 is 6.03 Å². The number of aryl methyl sites for hydroxylation is 2. The molecule has 0 unspecified atom stereocenters. The van der Waals surface area contributed by atoms with Crippen LogP contribution < -0.4 is 10.6 Å². The topological polar surface area (TPSA) is 70.6 Å². The summed E-state index contributed by atoms with van der Waals surface area (Å²) in [6.45, 7) is 5.43. The molecule has 2 rings (SSSR count). The molecule has 1 heterocycles. The van der Waals surface area contributed by atoms with Crippen LogP contribution in [0.25, 0.3) is 0 Å². The van der Waals surface area contributed by atoms with Crippen LogP contribution in [-0.4, -0.2) is 36.9 Å². The van der Waals surface area contributed by atoms with E-state index in [0.717, 1.165) is 23.1 Å². The number of hydrogen-bond acceptors (Lipinski definition) is 3. The second kappa shape index (κ2) is 6.72. The third-order valence-electron chi connectivity index (χ3n) is 3.35. The number of nitrogens with one attached hydrogen (secondary N) is 2. The van der Waals surface area contributed by atoms with Gasteiger partial charge >= 0.3 is 6.03 Å². The number of hydrogen-bond donors (Lipinski definition) is 3. The maximum atomic E-state index is 11.7. The number of aliphatic hydroxyl groups excluding tert-OH is 1. The van der Waals surface area contributed by atoms with Crippen LogP contribution in [-0.2, 0) is 4.74 Å². The third-order valence-corrected chi connectivity index (χ3v) is 3.35. The molecule has 0 aliphatic carbocycles. The van der Waals surface area contributed by atoms with E-state index in [2.05, 4.69) is 16.7 Å². The van der Waals surface area contributed by atoms with E-state index in [1.54, 1.807) is 0 Å². The Morgan fingerprint density at radius 3 is 2.70 bits per heavy atom. The lowest BCUT2D eigenvalue weighted by Crippen LogP contribution is -2.43. The van der Waals surface area contributed by atoms with Crippen LogP contribution in [0.2, 0.25) is 0 Å². The lowest BCUT2D eigenvalue weighted by Gasteiger charge is -2.16. The summed E-state index contributed by atoms with van der Waals surface area (Å²) in [6.07, 6.45) is 0.145. The quantitative estimate of drug-likeness (QED) is 0.780. The second-order valence-corrected chi connectivity index (χ2v) is 5.35. The summed E-state index contributed by atoms with van der Waals surface area (Å²) in [4.78, 5) is 11.7. The van der Waals surface area contributed by atoms with Crippen LogP contribution in [0.1, 0.15) is 29.2 Å². The molecule has 1 aromatic carbocycles. The molecule has 0 bridgehead atoms. The number of carbonyl (C=O) groups is 1. The molecule has 1 saturated heterocycles. The lowest BCUT2D eigenvalue weighted by molar-refractivity contribution is 0.170. The van der Waals surface area contributed by atoms with E-state index < -0.39 is 6.10 Å². The molecule has 20 heavy (non-hydrogen) atoms. The fourth-order valence-corrected chi connectivity index (χ4v) is 2.39. The van der Waals surface area contributed by atoms with Gasteiger partial charge in [-0.05, 0) is 25.8 Å². The first-order chi connectivity index (χ1) is 9.54. The first-order valence-electron chi connectivity index (χ1n) is 6.93. The van der Waals surface area contributed by atoms with Crippen LogP contribution >= 0.6 is 0 Å². The first kappa shape index (κ1) is 14.8. The van der Waals surface area contributed by atoms with Crippen molar-refractivity contribution in [2.45, 2.75) is 32.4 Å². The number of urea groups is 1. The van der Waals surface area contributed by atoms with Gasteiger partial charge in [-0.1, -0.05) is 29.3 Å². The van der Waals surface area contributed by atoms with E-state index in [1.165, 1.54) is 0 Å². The number of amides is 2. The van der Waals surface area contributed by atoms with Gasteiger partial charge < -0.3 is 20.5 Å². The van der Waals surface area contributed by atoms with E-state index in [4.69, 9.17) is 4.74 Å². The third kappa shape index (κ3) is 4.21. The van der Waals surface area contributed by atoms with Crippen molar-refractivity contribution < 1.29 is 14.6 Å². The Labute approximate surface area is 119 Å². The average molecular weight is 278 g/mol. The summed E-state index contributed by atoms with van der Waals surface area (Å²) >= 11 is 0. The average Bonchev–Trinajstić information content (AvgIpc) is 2.87. The van der Waals surface area contributed by atoms with Gasteiger partial charge in [-0.15, -0.1) is 0 Å². The Balaban J connectivity index is 1.81. The molecule has 5 nitrogen and oxygen atoms in total. The van der Waals surface area contributed by atoms with Gasteiger partial charge in [0.25, 0.3) is 0 Å². The van der Waals surface area contributed by atoms with Gasteiger partial charge in [-0.2, -0.15) is 0 Å². The summed E-state index contributed by atoms with van der Waals surface area (Å²) in [5.74, 6) is 0. The molecule has 2 amide bonds. The van der Waals surface area contributed by atoms with Crippen LogP contribution in [0.5, 0.6) is 0 Å². The first-order valence-corrected chi connectivity index (χ1v) is 6.93. The van der Waals surface area contributed by atoms with Crippen molar-refractivity contribution in [1.82, 2.24) is 10.6 Å². The molecule has 1 aliphatic heterocycles. The van der Waals surface area contributed by atoms with Gasteiger partial charge in [0.1, 0.15) is 0 Å². The Morgan fingerprint density at radius 2 is 2.10 bits per heavy atom. The largest absolute Gasteiger partial charge is 0.387 e. The van der Waals surface area contributed by atoms with E-state index >= 15 is 0 Å². The van der Waals surface area contributed by atoms with Crippen molar-refractivity contribution in [1.29, 1.82) is 0 Å². The molecular weight excluding hydrogens is 256 g/mol. The molecule has 0 aromatic heterocycles. The SMILES string of the molecule is Cc1cc(C)cc([C@H](O)CNC(=O)N[C@H]2CCOC2)c1. The van der Waals surface area contributed by atoms with Crippen molar-refractivity contribution in [3.8, 4) is 0 Å². The highest BCUT2D eigenvalue weighted by molar-refractivity contribution is 5.74. The predicted octanol–water partition coefficient (Wildman–Crippen LogP) is 1.42. The Hall–Kier alpha value is -1.59. The number of carbonyl (C=O) groups excluding carboxylic acids is 1. The second-order valence-electron chi connectivity index (χ2n) is 5.35. The van der Waals surface area contributed by atoms with Crippen LogP contribution in [0.4, 0.5) is 4.79 Å². The number of ether oxygens (including phenoxy) is 1. The fourth-order valence-electron chi connectivity index (χ4n) is 2.39. The number of benzene rings is 1. The van der Waals surface area contributed by atoms with Crippen LogP contribution in [0.15, 0.2) is 18.2 Å². The molecule has 1 fully saturated rings. The van der Waals surface area contributed by atoms with E-state index in [1.807, 2.05) is 26.0 Å². The maximum Gasteiger partial charge on any atom is 0.315 e. The van der Waals surface area contributed by atoms with E-state index in [-0.39, 0.29) is 18.6 Å². The van der Waals surface area contributed by atoms with Crippen LogP contribution in [0.3, 0.4) is 0 Å². The maximum absolute atomic E-state index is 11.7. The highest BCUT2D eigenvalue weighted by Gasteiger charge is 2.18. The molecule has 1 aliphatic rings. The summed E-state index contributed by atoms with van der Waals surface area (Å²) < 4.78 is 5.19. The molecular formula is C15H22N2O3. The number of rotatable bonds is 4. The summed E-state index contributed by atoms with van der Waals surface area (Å²) in [6, 6.07) is 5.73. The summed E-state index contributed by atoms with van der Waals surface area (Å²) in [5, 5.41) is 15.6. The monoisotopic (exact) mass is 278 g/mol. The van der Waals surface area contributed by atoms with Gasteiger partial charge in [-0.25, -0.2) is 4.79 Å². The molecule has 3 N–H and O–H groups in total. The van der Waals surface area contributed by atoms with E-state index in [0.29, 0.717) is 13.2 Å². The minimum absolute atomic E-state index is 0.0772. The minimum Gasteiger partial charge on any atom is -0.387 e. The molecule has 0 spiro atoms.